The van der Waals surface area contributed by atoms with Crippen LogP contribution in [-0.2, 0) is 4.74 Å². The third-order valence-electron chi connectivity index (χ3n) is 4.17. The average molecular weight is 269 g/mol. The van der Waals surface area contributed by atoms with Crippen LogP contribution < -0.4 is 5.32 Å². The molecule has 1 aliphatic rings. The van der Waals surface area contributed by atoms with Crippen molar-refractivity contribution in [2.45, 2.75) is 90.7 Å². The fourth-order valence-electron chi connectivity index (χ4n) is 2.96. The summed E-state index contributed by atoms with van der Waals surface area (Å²) in [6.45, 7) is 11.1. The van der Waals surface area contributed by atoms with Gasteiger partial charge in [0.25, 0.3) is 0 Å². The van der Waals surface area contributed by atoms with Gasteiger partial charge in [0.1, 0.15) is 0 Å². The molecule has 0 bridgehead atoms. The van der Waals surface area contributed by atoms with Crippen LogP contribution in [0.1, 0.15) is 79.1 Å². The first kappa shape index (κ1) is 17.0. The van der Waals surface area contributed by atoms with Crippen LogP contribution >= 0.6 is 0 Å². The van der Waals surface area contributed by atoms with E-state index in [2.05, 4.69) is 33.0 Å². The lowest BCUT2D eigenvalue weighted by Gasteiger charge is -2.30. The zero-order chi connectivity index (χ0) is 14.1. The summed E-state index contributed by atoms with van der Waals surface area (Å²) in [4.78, 5) is 0. The van der Waals surface area contributed by atoms with E-state index in [4.69, 9.17) is 4.74 Å². The first-order valence-electron chi connectivity index (χ1n) is 8.39. The van der Waals surface area contributed by atoms with Gasteiger partial charge in [0.2, 0.25) is 0 Å². The maximum absolute atomic E-state index is 6.11. The molecule has 1 saturated carbocycles. The molecule has 0 radical (unpaired) electrons. The van der Waals surface area contributed by atoms with Gasteiger partial charge in [0.05, 0.1) is 6.10 Å². The maximum Gasteiger partial charge on any atom is 0.0603 e. The van der Waals surface area contributed by atoms with E-state index >= 15 is 0 Å². The first-order chi connectivity index (χ1) is 9.03. The van der Waals surface area contributed by atoms with E-state index in [1.165, 1.54) is 51.4 Å². The molecule has 0 spiro atoms. The number of hydrogen-bond donors (Lipinski definition) is 1. The Hall–Kier alpha value is -0.0800. The van der Waals surface area contributed by atoms with Crippen molar-refractivity contribution in [3.8, 4) is 0 Å². The molecular formula is C17H35NO. The standard InChI is InChI=1S/C17H35NO/c1-5-15-11-7-8-12-16(15)19-14-10-6-9-13-18-17(2,3)4/h15-16,18H,5-14H2,1-4H3. The third-order valence-corrected chi connectivity index (χ3v) is 4.17. The van der Waals surface area contributed by atoms with Gasteiger partial charge in [-0.3, -0.25) is 0 Å². The lowest BCUT2D eigenvalue weighted by molar-refractivity contribution is -0.0135. The summed E-state index contributed by atoms with van der Waals surface area (Å²) >= 11 is 0. The molecule has 0 heterocycles. The molecule has 0 aromatic rings. The Kier molecular flexibility index (Phi) is 8.01. The van der Waals surface area contributed by atoms with E-state index in [-0.39, 0.29) is 5.54 Å². The van der Waals surface area contributed by atoms with Crippen molar-refractivity contribution in [3.05, 3.63) is 0 Å². The van der Waals surface area contributed by atoms with E-state index in [1.54, 1.807) is 0 Å². The largest absolute Gasteiger partial charge is 0.378 e. The fourth-order valence-corrected chi connectivity index (χ4v) is 2.96. The van der Waals surface area contributed by atoms with Crippen molar-refractivity contribution in [3.63, 3.8) is 0 Å². The molecule has 0 saturated heterocycles. The molecule has 114 valence electrons. The summed E-state index contributed by atoms with van der Waals surface area (Å²) in [5.74, 6) is 0.830. The highest BCUT2D eigenvalue weighted by atomic mass is 16.5. The molecule has 1 fully saturated rings. The molecule has 2 nitrogen and oxygen atoms in total. The zero-order valence-corrected chi connectivity index (χ0v) is 13.6. The lowest BCUT2D eigenvalue weighted by Crippen LogP contribution is -2.36. The van der Waals surface area contributed by atoms with Crippen LogP contribution in [0.4, 0.5) is 0 Å². The molecule has 0 amide bonds. The fraction of sp³-hybridized carbons (Fsp3) is 1.00. The SMILES string of the molecule is CCC1CCCCC1OCCCCCNC(C)(C)C. The Bertz CT molecular complexity index is 222. The van der Waals surface area contributed by atoms with Gasteiger partial charge >= 0.3 is 0 Å². The van der Waals surface area contributed by atoms with Crippen molar-refractivity contribution in [2.75, 3.05) is 13.2 Å². The highest BCUT2D eigenvalue weighted by molar-refractivity contribution is 4.75. The number of rotatable bonds is 8. The predicted octanol–water partition coefficient (Wildman–Crippen LogP) is 4.53. The lowest BCUT2D eigenvalue weighted by atomic mass is 9.85. The number of ether oxygens (including phenoxy) is 1. The Balaban J connectivity index is 1.98. The van der Waals surface area contributed by atoms with Crippen molar-refractivity contribution < 1.29 is 4.74 Å². The number of nitrogens with one attached hydrogen (secondary N) is 1. The number of hydrogen-bond acceptors (Lipinski definition) is 2. The van der Waals surface area contributed by atoms with Crippen LogP contribution in [0.3, 0.4) is 0 Å². The van der Waals surface area contributed by atoms with Gasteiger partial charge in [0.15, 0.2) is 0 Å². The van der Waals surface area contributed by atoms with Crippen molar-refractivity contribution in [1.82, 2.24) is 5.32 Å². The monoisotopic (exact) mass is 269 g/mol. The van der Waals surface area contributed by atoms with E-state index in [1.807, 2.05) is 0 Å². The van der Waals surface area contributed by atoms with Gasteiger partial charge in [-0.15, -0.1) is 0 Å². The Morgan fingerprint density at radius 3 is 2.47 bits per heavy atom. The summed E-state index contributed by atoms with van der Waals surface area (Å²) in [7, 11) is 0. The summed E-state index contributed by atoms with van der Waals surface area (Å²) in [6.07, 6.45) is 11.1. The summed E-state index contributed by atoms with van der Waals surface area (Å²) in [6, 6.07) is 0. The molecule has 1 N–H and O–H groups in total. The molecule has 2 unspecified atom stereocenters. The quantitative estimate of drug-likeness (QED) is 0.654. The van der Waals surface area contributed by atoms with Gasteiger partial charge in [0, 0.05) is 12.1 Å². The second-order valence-corrected chi connectivity index (χ2v) is 7.10. The average Bonchev–Trinajstić information content (AvgIpc) is 2.37. The van der Waals surface area contributed by atoms with Crippen molar-refractivity contribution in [2.24, 2.45) is 5.92 Å². The summed E-state index contributed by atoms with van der Waals surface area (Å²) in [5, 5.41) is 3.54. The Morgan fingerprint density at radius 1 is 1.05 bits per heavy atom. The second-order valence-electron chi connectivity index (χ2n) is 7.10. The molecule has 19 heavy (non-hydrogen) atoms. The van der Waals surface area contributed by atoms with Gasteiger partial charge < -0.3 is 10.1 Å². The highest BCUT2D eigenvalue weighted by Gasteiger charge is 2.23. The van der Waals surface area contributed by atoms with Crippen LogP contribution in [0.25, 0.3) is 0 Å². The molecule has 0 aromatic carbocycles. The molecular weight excluding hydrogens is 234 g/mol. The summed E-state index contributed by atoms with van der Waals surface area (Å²) in [5.41, 5.74) is 0.257. The summed E-state index contributed by atoms with van der Waals surface area (Å²) < 4.78 is 6.11. The van der Waals surface area contributed by atoms with Crippen LogP contribution in [0.2, 0.25) is 0 Å². The third kappa shape index (κ3) is 7.94. The smallest absolute Gasteiger partial charge is 0.0603 e. The first-order valence-corrected chi connectivity index (χ1v) is 8.39. The van der Waals surface area contributed by atoms with E-state index in [0.717, 1.165) is 19.1 Å². The predicted molar refractivity (Wildman–Crippen MR) is 83.6 cm³/mol. The normalized spacial score (nSPS) is 24.6. The van der Waals surface area contributed by atoms with Crippen molar-refractivity contribution in [1.29, 1.82) is 0 Å². The Morgan fingerprint density at radius 2 is 1.79 bits per heavy atom. The Labute approximate surface area is 120 Å². The molecule has 0 aliphatic heterocycles. The topological polar surface area (TPSA) is 21.3 Å². The van der Waals surface area contributed by atoms with Gasteiger partial charge in [-0.2, -0.15) is 0 Å². The second kappa shape index (κ2) is 8.97. The van der Waals surface area contributed by atoms with Gasteiger partial charge in [-0.1, -0.05) is 26.2 Å². The van der Waals surface area contributed by atoms with Crippen LogP contribution in [0.15, 0.2) is 0 Å². The molecule has 2 atom stereocenters. The van der Waals surface area contributed by atoms with Gasteiger partial charge in [-0.05, 0) is 65.3 Å². The van der Waals surface area contributed by atoms with Crippen LogP contribution in [-0.4, -0.2) is 24.8 Å². The number of unbranched alkanes of at least 4 members (excludes halogenated alkanes) is 2. The molecule has 2 heteroatoms. The molecule has 1 rings (SSSR count). The molecule has 1 aliphatic carbocycles. The minimum Gasteiger partial charge on any atom is -0.378 e. The highest BCUT2D eigenvalue weighted by Crippen LogP contribution is 2.29. The molecule has 0 aromatic heterocycles. The van der Waals surface area contributed by atoms with E-state index < -0.39 is 0 Å². The van der Waals surface area contributed by atoms with Crippen LogP contribution in [0.5, 0.6) is 0 Å². The maximum atomic E-state index is 6.11. The van der Waals surface area contributed by atoms with Gasteiger partial charge in [-0.25, -0.2) is 0 Å². The minimum atomic E-state index is 0.257. The van der Waals surface area contributed by atoms with E-state index in [0.29, 0.717) is 6.10 Å². The zero-order valence-electron chi connectivity index (χ0n) is 13.6. The van der Waals surface area contributed by atoms with E-state index in [9.17, 15) is 0 Å². The van der Waals surface area contributed by atoms with Crippen LogP contribution in [0, 0.1) is 5.92 Å². The minimum absolute atomic E-state index is 0.257. The van der Waals surface area contributed by atoms with Crippen molar-refractivity contribution >= 4 is 0 Å².